The monoisotopic (exact) mass is 347 g/mol. The first-order chi connectivity index (χ1) is 11.6. The van der Waals surface area contributed by atoms with Crippen LogP contribution in [0.25, 0.3) is 5.69 Å². The van der Waals surface area contributed by atoms with E-state index in [1.54, 1.807) is 23.0 Å². The summed E-state index contributed by atoms with van der Waals surface area (Å²) in [5.74, 6) is -0.0663. The van der Waals surface area contributed by atoms with Gasteiger partial charge < -0.3 is 10.0 Å². The van der Waals surface area contributed by atoms with Gasteiger partial charge in [0.25, 0.3) is 5.91 Å². The second kappa shape index (κ2) is 6.95. The number of hydrogen-bond donors (Lipinski definition) is 1. The second-order valence-electron chi connectivity index (χ2n) is 6.40. The zero-order chi connectivity index (χ0) is 17.2. The smallest absolute Gasteiger partial charge is 0.274 e. The van der Waals surface area contributed by atoms with Crippen LogP contribution in [0.15, 0.2) is 36.5 Å². The maximum absolute atomic E-state index is 12.7. The number of halogens is 1. The van der Waals surface area contributed by atoms with E-state index in [9.17, 15) is 9.90 Å². The Morgan fingerprint density at radius 2 is 2.00 bits per heavy atom. The molecule has 6 heteroatoms. The molecule has 1 N–H and O–H groups in total. The molecule has 1 aliphatic heterocycles. The predicted octanol–water partition coefficient (Wildman–Crippen LogP) is 3.15. The summed E-state index contributed by atoms with van der Waals surface area (Å²) in [7, 11) is 0. The van der Waals surface area contributed by atoms with Crippen molar-refractivity contribution in [3.63, 3.8) is 0 Å². The Hall–Kier alpha value is -1.85. The number of rotatable bonds is 4. The molecule has 0 unspecified atom stereocenters. The van der Waals surface area contributed by atoms with E-state index in [4.69, 9.17) is 11.6 Å². The van der Waals surface area contributed by atoms with Gasteiger partial charge in [-0.1, -0.05) is 30.7 Å². The number of carbonyl (C=O) groups excluding carboxylic acids is 1. The topological polar surface area (TPSA) is 58.4 Å². The van der Waals surface area contributed by atoms with Crippen LogP contribution in [0.5, 0.6) is 0 Å². The third kappa shape index (κ3) is 3.19. The van der Waals surface area contributed by atoms with Gasteiger partial charge in [-0.25, -0.2) is 4.68 Å². The fourth-order valence-electron chi connectivity index (χ4n) is 3.18. The molecule has 24 heavy (non-hydrogen) atoms. The van der Waals surface area contributed by atoms with Crippen LogP contribution >= 0.6 is 11.6 Å². The molecular formula is C18H22ClN3O2. The van der Waals surface area contributed by atoms with Gasteiger partial charge in [-0.15, -0.1) is 0 Å². The number of piperidine rings is 1. The molecule has 1 aromatic heterocycles. The molecule has 2 aromatic rings. The minimum absolute atomic E-state index is 0.0340. The van der Waals surface area contributed by atoms with Crippen LogP contribution in [0.1, 0.15) is 36.7 Å². The SMILES string of the molecule is CCC1(CO)CCN(C(=O)c2ccn(-c3ccccc3Cl)n2)CC1. The summed E-state index contributed by atoms with van der Waals surface area (Å²) < 4.78 is 1.63. The molecule has 0 spiro atoms. The lowest BCUT2D eigenvalue weighted by atomic mass is 9.77. The van der Waals surface area contributed by atoms with E-state index in [0.29, 0.717) is 23.8 Å². The Balaban J connectivity index is 1.72. The summed E-state index contributed by atoms with van der Waals surface area (Å²) in [6.45, 7) is 3.60. The van der Waals surface area contributed by atoms with Crippen LogP contribution in [0, 0.1) is 5.41 Å². The van der Waals surface area contributed by atoms with Crippen molar-refractivity contribution in [2.75, 3.05) is 19.7 Å². The van der Waals surface area contributed by atoms with Crippen LogP contribution < -0.4 is 0 Å². The van der Waals surface area contributed by atoms with Gasteiger partial charge in [0.1, 0.15) is 0 Å². The number of amides is 1. The van der Waals surface area contributed by atoms with E-state index in [1.165, 1.54) is 0 Å². The average Bonchev–Trinajstić information content (AvgIpc) is 3.11. The molecule has 0 saturated carbocycles. The number of benzene rings is 1. The highest BCUT2D eigenvalue weighted by atomic mass is 35.5. The lowest BCUT2D eigenvalue weighted by molar-refractivity contribution is 0.0334. The molecule has 5 nitrogen and oxygen atoms in total. The van der Waals surface area contributed by atoms with E-state index in [2.05, 4.69) is 12.0 Å². The van der Waals surface area contributed by atoms with E-state index < -0.39 is 0 Å². The number of hydrogen-bond acceptors (Lipinski definition) is 3. The molecular weight excluding hydrogens is 326 g/mol. The van der Waals surface area contributed by atoms with Crippen molar-refractivity contribution in [3.05, 3.63) is 47.2 Å². The first-order valence-corrected chi connectivity index (χ1v) is 8.67. The van der Waals surface area contributed by atoms with Crippen LogP contribution in [-0.2, 0) is 0 Å². The van der Waals surface area contributed by atoms with Crippen molar-refractivity contribution >= 4 is 17.5 Å². The molecule has 128 valence electrons. The molecule has 0 radical (unpaired) electrons. The zero-order valence-corrected chi connectivity index (χ0v) is 14.5. The van der Waals surface area contributed by atoms with Gasteiger partial charge in [-0.05, 0) is 42.9 Å². The minimum atomic E-state index is -0.0663. The van der Waals surface area contributed by atoms with E-state index >= 15 is 0 Å². The molecule has 1 aliphatic rings. The maximum Gasteiger partial charge on any atom is 0.274 e. The Kier molecular flexibility index (Phi) is 4.92. The Labute approximate surface area is 146 Å². The summed E-state index contributed by atoms with van der Waals surface area (Å²) >= 11 is 6.18. The standard InChI is InChI=1S/C18H22ClN3O2/c1-2-18(13-23)8-11-21(12-9-18)17(24)15-7-10-22(20-15)16-6-4-3-5-14(16)19/h3-7,10,23H,2,8-9,11-13H2,1H3. The molecule has 2 heterocycles. The van der Waals surface area contributed by atoms with Crippen molar-refractivity contribution in [2.45, 2.75) is 26.2 Å². The number of para-hydroxylation sites is 1. The lowest BCUT2D eigenvalue weighted by Crippen LogP contribution is -2.44. The summed E-state index contributed by atoms with van der Waals surface area (Å²) in [5, 5.41) is 14.6. The molecule has 3 rings (SSSR count). The zero-order valence-electron chi connectivity index (χ0n) is 13.8. The highest BCUT2D eigenvalue weighted by molar-refractivity contribution is 6.32. The molecule has 0 aliphatic carbocycles. The molecule has 1 aromatic carbocycles. The quantitative estimate of drug-likeness (QED) is 0.924. The first kappa shape index (κ1) is 17.0. The molecule has 0 bridgehead atoms. The Morgan fingerprint density at radius 3 is 2.62 bits per heavy atom. The predicted molar refractivity (Wildman–Crippen MR) is 93.5 cm³/mol. The van der Waals surface area contributed by atoms with Crippen molar-refractivity contribution < 1.29 is 9.90 Å². The van der Waals surface area contributed by atoms with Gasteiger partial charge in [0.05, 0.1) is 10.7 Å². The van der Waals surface area contributed by atoms with Gasteiger partial charge in [0.2, 0.25) is 0 Å². The van der Waals surface area contributed by atoms with E-state index in [0.717, 1.165) is 24.9 Å². The number of aromatic nitrogens is 2. The number of likely N-dealkylation sites (tertiary alicyclic amines) is 1. The number of carbonyl (C=O) groups is 1. The van der Waals surface area contributed by atoms with Crippen molar-refractivity contribution in [2.24, 2.45) is 5.41 Å². The lowest BCUT2D eigenvalue weighted by Gasteiger charge is -2.40. The maximum atomic E-state index is 12.7. The van der Waals surface area contributed by atoms with Crippen LogP contribution in [0.4, 0.5) is 0 Å². The molecule has 0 atom stereocenters. The van der Waals surface area contributed by atoms with Crippen LogP contribution in [0.2, 0.25) is 5.02 Å². The summed E-state index contributed by atoms with van der Waals surface area (Å²) in [6, 6.07) is 9.12. The van der Waals surface area contributed by atoms with Crippen molar-refractivity contribution in [1.29, 1.82) is 0 Å². The van der Waals surface area contributed by atoms with Crippen LogP contribution in [-0.4, -0.2) is 45.4 Å². The van der Waals surface area contributed by atoms with Gasteiger partial charge in [-0.2, -0.15) is 5.10 Å². The second-order valence-corrected chi connectivity index (χ2v) is 6.81. The van der Waals surface area contributed by atoms with Gasteiger partial charge in [0, 0.05) is 25.9 Å². The fraction of sp³-hybridized carbons (Fsp3) is 0.444. The highest BCUT2D eigenvalue weighted by Crippen LogP contribution is 2.34. The van der Waals surface area contributed by atoms with Crippen LogP contribution in [0.3, 0.4) is 0 Å². The number of aliphatic hydroxyl groups excluding tert-OH is 1. The normalized spacial score (nSPS) is 17.0. The molecule has 1 saturated heterocycles. The minimum Gasteiger partial charge on any atom is -0.396 e. The third-order valence-corrected chi connectivity index (χ3v) is 5.42. The summed E-state index contributed by atoms with van der Waals surface area (Å²) in [4.78, 5) is 14.5. The Bertz CT molecular complexity index is 715. The van der Waals surface area contributed by atoms with Crippen molar-refractivity contribution in [3.8, 4) is 5.69 Å². The molecule has 1 amide bonds. The highest BCUT2D eigenvalue weighted by Gasteiger charge is 2.34. The van der Waals surface area contributed by atoms with Gasteiger partial charge in [-0.3, -0.25) is 4.79 Å². The summed E-state index contributed by atoms with van der Waals surface area (Å²) in [6.07, 6.45) is 4.35. The number of nitrogens with zero attached hydrogens (tertiary/aromatic N) is 3. The number of aliphatic hydroxyl groups is 1. The van der Waals surface area contributed by atoms with Crippen molar-refractivity contribution in [1.82, 2.24) is 14.7 Å². The van der Waals surface area contributed by atoms with Gasteiger partial charge >= 0.3 is 0 Å². The first-order valence-electron chi connectivity index (χ1n) is 8.29. The van der Waals surface area contributed by atoms with E-state index in [-0.39, 0.29) is 17.9 Å². The van der Waals surface area contributed by atoms with Gasteiger partial charge in [0.15, 0.2) is 5.69 Å². The average molecular weight is 348 g/mol. The fourth-order valence-corrected chi connectivity index (χ4v) is 3.40. The third-order valence-electron chi connectivity index (χ3n) is 5.10. The Morgan fingerprint density at radius 1 is 1.29 bits per heavy atom. The largest absolute Gasteiger partial charge is 0.396 e. The molecule has 1 fully saturated rings. The summed E-state index contributed by atoms with van der Waals surface area (Å²) in [5.41, 5.74) is 1.14. The van der Waals surface area contributed by atoms with E-state index in [1.807, 2.05) is 23.1 Å².